The minimum Gasteiger partial charge on any atom is -0.405 e. The van der Waals surface area contributed by atoms with Crippen LogP contribution in [0.25, 0.3) is 11.6 Å². The van der Waals surface area contributed by atoms with Crippen LogP contribution in [0.3, 0.4) is 0 Å². The highest BCUT2D eigenvalue weighted by molar-refractivity contribution is 5.70. The number of hydrogen-bond acceptors (Lipinski definition) is 2. The molecule has 2 heteroatoms. The molecular weight excluding hydrogens is 172 g/mol. The third-order valence-electron chi connectivity index (χ3n) is 2.12. The summed E-state index contributed by atoms with van der Waals surface area (Å²) in [6.07, 6.45) is 5.14. The van der Waals surface area contributed by atoms with Gasteiger partial charge in [0.1, 0.15) is 0 Å². The molecule has 2 N–H and O–H groups in total. The van der Waals surface area contributed by atoms with E-state index in [1.165, 1.54) is 6.20 Å². The summed E-state index contributed by atoms with van der Waals surface area (Å²) in [5.74, 6) is 0.398. The zero-order chi connectivity index (χ0) is 10.6. The molecule has 0 unspecified atom stereocenters. The molecule has 0 fully saturated rings. The van der Waals surface area contributed by atoms with Crippen molar-refractivity contribution in [3.05, 3.63) is 42.4 Å². The second-order valence-electron chi connectivity index (χ2n) is 3.48. The molecule has 0 saturated heterocycles. The van der Waals surface area contributed by atoms with Crippen LogP contribution in [-0.2, 0) is 0 Å². The molecular formula is C12H16N2. The Morgan fingerprint density at radius 3 is 2.86 bits per heavy atom. The average Bonchev–Trinajstić information content (AvgIpc) is 2.18. The lowest BCUT2D eigenvalue weighted by atomic mass is 9.98. The smallest absolute Gasteiger partial charge is 0.0731 e. The molecule has 0 saturated carbocycles. The van der Waals surface area contributed by atoms with Crippen LogP contribution in [0.2, 0.25) is 0 Å². The Balaban J connectivity index is 3.13. The van der Waals surface area contributed by atoms with Gasteiger partial charge in [0.2, 0.25) is 0 Å². The van der Waals surface area contributed by atoms with Crippen molar-refractivity contribution >= 4 is 11.6 Å². The van der Waals surface area contributed by atoms with Crippen LogP contribution in [-0.4, -0.2) is 4.98 Å². The quantitative estimate of drug-likeness (QED) is 0.792. The highest BCUT2D eigenvalue weighted by atomic mass is 14.7. The monoisotopic (exact) mass is 188 g/mol. The summed E-state index contributed by atoms with van der Waals surface area (Å²) in [6.45, 7) is 8.24. The van der Waals surface area contributed by atoms with E-state index >= 15 is 0 Å². The molecule has 0 radical (unpaired) electrons. The number of allylic oxidation sites excluding steroid dienone is 1. The van der Waals surface area contributed by atoms with Gasteiger partial charge < -0.3 is 5.73 Å². The fourth-order valence-electron chi connectivity index (χ4n) is 1.20. The fraction of sp³-hybridized carbons (Fsp3) is 0.250. The second-order valence-corrected chi connectivity index (χ2v) is 3.48. The van der Waals surface area contributed by atoms with Crippen LogP contribution in [0.5, 0.6) is 0 Å². The Kier molecular flexibility index (Phi) is 3.46. The Morgan fingerprint density at radius 1 is 1.57 bits per heavy atom. The van der Waals surface area contributed by atoms with Crippen LogP contribution in [0.4, 0.5) is 0 Å². The summed E-state index contributed by atoms with van der Waals surface area (Å²) >= 11 is 0. The van der Waals surface area contributed by atoms with Crippen molar-refractivity contribution in [3.63, 3.8) is 0 Å². The van der Waals surface area contributed by atoms with Crippen molar-refractivity contribution in [3.8, 4) is 0 Å². The molecule has 0 aliphatic rings. The van der Waals surface area contributed by atoms with E-state index in [-0.39, 0.29) is 0 Å². The van der Waals surface area contributed by atoms with Crippen molar-refractivity contribution in [2.75, 3.05) is 0 Å². The van der Waals surface area contributed by atoms with Gasteiger partial charge in [0, 0.05) is 11.8 Å². The summed E-state index contributed by atoms with van der Waals surface area (Å²) in [4.78, 5) is 4.31. The number of rotatable bonds is 3. The molecule has 0 aromatic carbocycles. The lowest BCUT2D eigenvalue weighted by molar-refractivity contribution is 0.850. The van der Waals surface area contributed by atoms with Crippen molar-refractivity contribution in [2.24, 2.45) is 11.7 Å². The first-order chi connectivity index (χ1) is 6.66. The fourth-order valence-corrected chi connectivity index (χ4v) is 1.20. The van der Waals surface area contributed by atoms with Crippen molar-refractivity contribution in [1.82, 2.24) is 4.98 Å². The zero-order valence-corrected chi connectivity index (χ0v) is 8.70. The van der Waals surface area contributed by atoms with E-state index in [9.17, 15) is 0 Å². The van der Waals surface area contributed by atoms with Gasteiger partial charge in [-0.05, 0) is 29.8 Å². The summed E-state index contributed by atoms with van der Waals surface area (Å²) in [6, 6.07) is 3.88. The van der Waals surface area contributed by atoms with Gasteiger partial charge in [0.25, 0.3) is 0 Å². The first-order valence-electron chi connectivity index (χ1n) is 4.69. The minimum atomic E-state index is 0.398. The van der Waals surface area contributed by atoms with E-state index < -0.39 is 0 Å². The number of nitrogens with two attached hydrogens (primary N) is 1. The Labute approximate surface area is 85.2 Å². The van der Waals surface area contributed by atoms with Crippen molar-refractivity contribution in [2.45, 2.75) is 13.8 Å². The van der Waals surface area contributed by atoms with E-state index in [2.05, 4.69) is 25.4 Å². The number of aromatic nitrogens is 1. The van der Waals surface area contributed by atoms with Gasteiger partial charge in [0.15, 0.2) is 0 Å². The van der Waals surface area contributed by atoms with Crippen LogP contribution in [0, 0.1) is 5.92 Å². The molecule has 0 bridgehead atoms. The molecule has 1 heterocycles. The van der Waals surface area contributed by atoms with Gasteiger partial charge in [-0.15, -0.1) is 0 Å². The topological polar surface area (TPSA) is 38.9 Å². The summed E-state index contributed by atoms with van der Waals surface area (Å²) < 4.78 is 0. The van der Waals surface area contributed by atoms with Crippen LogP contribution >= 0.6 is 0 Å². The molecule has 0 atom stereocenters. The van der Waals surface area contributed by atoms with E-state index in [1.54, 1.807) is 6.20 Å². The molecule has 0 aliphatic heterocycles. The lowest BCUT2D eigenvalue weighted by Gasteiger charge is -2.10. The first-order valence-corrected chi connectivity index (χ1v) is 4.69. The van der Waals surface area contributed by atoms with Gasteiger partial charge >= 0.3 is 0 Å². The highest BCUT2D eigenvalue weighted by Gasteiger charge is 2.07. The summed E-state index contributed by atoms with van der Waals surface area (Å²) in [5.41, 5.74) is 8.36. The molecule has 0 spiro atoms. The van der Waals surface area contributed by atoms with E-state index in [0.717, 1.165) is 16.8 Å². The number of nitrogens with zero attached hydrogens (tertiary/aromatic N) is 1. The van der Waals surface area contributed by atoms with Gasteiger partial charge in [-0.3, -0.25) is 4.98 Å². The van der Waals surface area contributed by atoms with E-state index in [0.29, 0.717) is 5.92 Å². The molecule has 1 aromatic heterocycles. The SMILES string of the molecule is C=C(c1ncccc1/C=C\N)C(C)C. The molecule has 2 nitrogen and oxygen atoms in total. The largest absolute Gasteiger partial charge is 0.405 e. The highest BCUT2D eigenvalue weighted by Crippen LogP contribution is 2.22. The molecule has 1 rings (SSSR count). The maximum atomic E-state index is 5.37. The maximum absolute atomic E-state index is 5.37. The molecule has 74 valence electrons. The second kappa shape index (κ2) is 4.61. The zero-order valence-electron chi connectivity index (χ0n) is 8.70. The summed E-state index contributed by atoms with van der Waals surface area (Å²) in [5, 5.41) is 0. The van der Waals surface area contributed by atoms with Crippen LogP contribution in [0.15, 0.2) is 31.1 Å². The maximum Gasteiger partial charge on any atom is 0.0731 e. The molecule has 0 amide bonds. The predicted octanol–water partition coefficient (Wildman–Crippen LogP) is 2.68. The molecule has 14 heavy (non-hydrogen) atoms. The van der Waals surface area contributed by atoms with Crippen molar-refractivity contribution < 1.29 is 0 Å². The minimum absolute atomic E-state index is 0.398. The molecule has 0 aliphatic carbocycles. The Morgan fingerprint density at radius 2 is 2.29 bits per heavy atom. The van der Waals surface area contributed by atoms with E-state index in [1.807, 2.05) is 18.2 Å². The normalized spacial score (nSPS) is 11.1. The Hall–Kier alpha value is -1.57. The van der Waals surface area contributed by atoms with Gasteiger partial charge in [0.05, 0.1) is 5.69 Å². The Bertz CT molecular complexity index is 351. The predicted molar refractivity (Wildman–Crippen MR) is 61.3 cm³/mol. The van der Waals surface area contributed by atoms with Crippen LogP contribution in [0.1, 0.15) is 25.1 Å². The number of hydrogen-bond donors (Lipinski definition) is 1. The first kappa shape index (κ1) is 10.5. The van der Waals surface area contributed by atoms with E-state index in [4.69, 9.17) is 5.73 Å². The van der Waals surface area contributed by atoms with Gasteiger partial charge in [-0.2, -0.15) is 0 Å². The third kappa shape index (κ3) is 2.22. The summed E-state index contributed by atoms with van der Waals surface area (Å²) in [7, 11) is 0. The molecule has 1 aromatic rings. The average molecular weight is 188 g/mol. The lowest BCUT2D eigenvalue weighted by Crippen LogP contribution is -1.98. The van der Waals surface area contributed by atoms with Gasteiger partial charge in [-0.25, -0.2) is 0 Å². The third-order valence-corrected chi connectivity index (χ3v) is 2.12. The van der Waals surface area contributed by atoms with Crippen LogP contribution < -0.4 is 5.73 Å². The number of pyridine rings is 1. The van der Waals surface area contributed by atoms with Gasteiger partial charge in [-0.1, -0.05) is 26.5 Å². The standard InChI is InChI=1S/C12H16N2/c1-9(2)10(3)12-11(6-7-13)5-4-8-14-12/h4-9H,3,13H2,1-2H3/b7-6-. The van der Waals surface area contributed by atoms with Crippen molar-refractivity contribution in [1.29, 1.82) is 0 Å².